The lowest BCUT2D eigenvalue weighted by Crippen LogP contribution is -2.11. The predicted molar refractivity (Wildman–Crippen MR) is 225 cm³/mol. The van der Waals surface area contributed by atoms with E-state index in [-0.39, 0.29) is 0 Å². The summed E-state index contributed by atoms with van der Waals surface area (Å²) in [5.41, 5.74) is 10.7. The van der Waals surface area contributed by atoms with E-state index in [9.17, 15) is 0 Å². The number of hydrogen-bond acceptors (Lipinski definition) is 2. The minimum Gasteiger partial charge on any atom is -0.310 e. The summed E-state index contributed by atoms with van der Waals surface area (Å²) < 4.78 is 2.60. The molecule has 0 unspecified atom stereocenters. The second kappa shape index (κ2) is 12.7. The first kappa shape index (κ1) is 30.4. The zero-order valence-electron chi connectivity index (χ0n) is 28.4. The van der Waals surface area contributed by atoms with Crippen LogP contribution in [0.5, 0.6) is 0 Å². The van der Waals surface area contributed by atoms with Crippen molar-refractivity contribution < 1.29 is 0 Å². The van der Waals surface area contributed by atoms with Crippen LogP contribution in [0.25, 0.3) is 75.1 Å². The van der Waals surface area contributed by atoms with Crippen molar-refractivity contribution in [2.24, 2.45) is 0 Å². The van der Waals surface area contributed by atoms with Gasteiger partial charge in [-0.1, -0.05) is 152 Å². The van der Waals surface area contributed by atoms with Crippen molar-refractivity contribution in [3.05, 3.63) is 200 Å². The number of nitrogens with zero attached hydrogens (tertiary/aromatic N) is 1. The first-order valence-electron chi connectivity index (χ1n) is 17.7. The van der Waals surface area contributed by atoms with Crippen LogP contribution in [0.3, 0.4) is 0 Å². The molecule has 1 aromatic heterocycles. The summed E-state index contributed by atoms with van der Waals surface area (Å²) >= 11 is 1.86. The zero-order valence-corrected chi connectivity index (χ0v) is 29.2. The summed E-state index contributed by atoms with van der Waals surface area (Å²) in [5.74, 6) is 0. The number of anilines is 3. The molecular weight excluding hydrogens is 647 g/mol. The lowest BCUT2D eigenvalue weighted by molar-refractivity contribution is 1.30. The lowest BCUT2D eigenvalue weighted by atomic mass is 9.97. The molecule has 10 rings (SSSR count). The molecule has 0 bridgehead atoms. The minimum atomic E-state index is 1.13. The Labute approximate surface area is 307 Å². The molecule has 0 amide bonds. The number of fused-ring (bicyclic) bond motifs is 5. The molecule has 9 aromatic carbocycles. The van der Waals surface area contributed by atoms with Gasteiger partial charge in [-0.2, -0.15) is 0 Å². The summed E-state index contributed by atoms with van der Waals surface area (Å²) in [4.78, 5) is 2.43. The van der Waals surface area contributed by atoms with Crippen LogP contribution in [-0.4, -0.2) is 0 Å². The highest BCUT2D eigenvalue weighted by Gasteiger charge is 2.19. The largest absolute Gasteiger partial charge is 0.310 e. The van der Waals surface area contributed by atoms with Gasteiger partial charge in [0.05, 0.1) is 5.69 Å². The molecular formula is C50H33NS. The monoisotopic (exact) mass is 679 g/mol. The van der Waals surface area contributed by atoms with E-state index in [1.165, 1.54) is 75.1 Å². The fraction of sp³-hybridized carbons (Fsp3) is 0. The molecule has 2 heteroatoms. The van der Waals surface area contributed by atoms with Crippen LogP contribution >= 0.6 is 11.3 Å². The van der Waals surface area contributed by atoms with Gasteiger partial charge in [0.15, 0.2) is 0 Å². The quantitative estimate of drug-likeness (QED) is 0.169. The first-order chi connectivity index (χ1) is 25.7. The Bertz CT molecular complexity index is 2900. The Morgan fingerprint density at radius 3 is 1.67 bits per heavy atom. The van der Waals surface area contributed by atoms with Gasteiger partial charge in [-0.3, -0.25) is 0 Å². The van der Waals surface area contributed by atoms with Gasteiger partial charge < -0.3 is 4.90 Å². The normalized spacial score (nSPS) is 11.5. The summed E-state index contributed by atoms with van der Waals surface area (Å²) in [5, 5.41) is 7.57. The van der Waals surface area contributed by atoms with Gasteiger partial charge in [0.1, 0.15) is 0 Å². The van der Waals surface area contributed by atoms with Crippen molar-refractivity contribution in [1.82, 2.24) is 0 Å². The van der Waals surface area contributed by atoms with Crippen LogP contribution in [0.1, 0.15) is 0 Å². The fourth-order valence-corrected chi connectivity index (χ4v) is 8.73. The third-order valence-corrected chi connectivity index (χ3v) is 11.4. The zero-order chi connectivity index (χ0) is 34.4. The standard InChI is InChI=1S/C50H33NS/c1-2-11-38(12-3-1)45-14-6-8-16-48(45)51(44-28-29-47-46-15-7-9-17-49(46)52-50(47)33-44)43-27-26-37-23-25-41(31-42(37)32-43)36-20-18-35(19-21-36)40-24-22-34-10-4-5-13-39(34)30-40/h1-33H. The smallest absolute Gasteiger partial charge is 0.0540 e. The molecule has 0 atom stereocenters. The average Bonchev–Trinajstić information content (AvgIpc) is 3.59. The maximum Gasteiger partial charge on any atom is 0.0540 e. The fourth-order valence-electron chi connectivity index (χ4n) is 7.59. The molecule has 244 valence electrons. The molecule has 0 fully saturated rings. The Hall–Kier alpha value is -6.48. The molecule has 0 aliphatic rings. The second-order valence-corrected chi connectivity index (χ2v) is 14.5. The molecule has 0 spiro atoms. The molecule has 1 heterocycles. The van der Waals surface area contributed by atoms with E-state index in [1.807, 2.05) is 11.3 Å². The first-order valence-corrected chi connectivity index (χ1v) is 18.6. The van der Waals surface area contributed by atoms with Crippen molar-refractivity contribution >= 4 is 70.1 Å². The molecule has 1 nitrogen and oxygen atoms in total. The third kappa shape index (κ3) is 5.42. The SMILES string of the molecule is c1ccc(-c2ccccc2N(c2ccc3ccc(-c4ccc(-c5ccc6ccccc6c5)cc4)cc3c2)c2ccc3c(c2)sc2ccccc23)cc1. The second-order valence-electron chi connectivity index (χ2n) is 13.4. The number of hydrogen-bond donors (Lipinski definition) is 0. The van der Waals surface area contributed by atoms with E-state index in [2.05, 4.69) is 205 Å². The summed E-state index contributed by atoms with van der Waals surface area (Å²) in [6.45, 7) is 0. The van der Waals surface area contributed by atoms with Crippen molar-refractivity contribution in [3.8, 4) is 33.4 Å². The van der Waals surface area contributed by atoms with Crippen molar-refractivity contribution in [1.29, 1.82) is 0 Å². The number of thiophene rings is 1. The van der Waals surface area contributed by atoms with Gasteiger partial charge in [-0.25, -0.2) is 0 Å². The predicted octanol–water partition coefficient (Wildman–Crippen LogP) is 14.8. The van der Waals surface area contributed by atoms with E-state index < -0.39 is 0 Å². The molecule has 0 radical (unpaired) electrons. The van der Waals surface area contributed by atoms with Crippen LogP contribution in [0.15, 0.2) is 200 Å². The van der Waals surface area contributed by atoms with E-state index in [0.29, 0.717) is 0 Å². The highest BCUT2D eigenvalue weighted by molar-refractivity contribution is 7.25. The highest BCUT2D eigenvalue weighted by Crippen LogP contribution is 2.44. The highest BCUT2D eigenvalue weighted by atomic mass is 32.1. The molecule has 10 aromatic rings. The molecule has 0 saturated carbocycles. The van der Waals surface area contributed by atoms with Crippen LogP contribution < -0.4 is 4.90 Å². The third-order valence-electron chi connectivity index (χ3n) is 10.2. The molecule has 52 heavy (non-hydrogen) atoms. The van der Waals surface area contributed by atoms with E-state index >= 15 is 0 Å². The molecule has 0 aliphatic heterocycles. The Morgan fingerprint density at radius 2 is 0.865 bits per heavy atom. The molecule has 0 N–H and O–H groups in total. The van der Waals surface area contributed by atoms with Gasteiger partial charge >= 0.3 is 0 Å². The topological polar surface area (TPSA) is 3.24 Å². The van der Waals surface area contributed by atoms with Crippen molar-refractivity contribution in [2.75, 3.05) is 4.90 Å². The Morgan fingerprint density at radius 1 is 0.308 bits per heavy atom. The van der Waals surface area contributed by atoms with Gasteiger partial charge in [0.25, 0.3) is 0 Å². The molecule has 0 aliphatic carbocycles. The maximum atomic E-state index is 2.43. The number of benzene rings is 9. The van der Waals surface area contributed by atoms with Gasteiger partial charge in [0, 0.05) is 37.1 Å². The Kier molecular flexibility index (Phi) is 7.41. The minimum absolute atomic E-state index is 1.13. The number of rotatable bonds is 6. The van der Waals surface area contributed by atoms with Crippen LogP contribution in [0.4, 0.5) is 17.1 Å². The van der Waals surface area contributed by atoms with E-state index in [0.717, 1.165) is 17.1 Å². The summed E-state index contributed by atoms with van der Waals surface area (Å²) in [7, 11) is 0. The van der Waals surface area contributed by atoms with E-state index in [4.69, 9.17) is 0 Å². The van der Waals surface area contributed by atoms with E-state index in [1.54, 1.807) is 0 Å². The lowest BCUT2D eigenvalue weighted by Gasteiger charge is -2.28. The van der Waals surface area contributed by atoms with Crippen LogP contribution in [0, 0.1) is 0 Å². The summed E-state index contributed by atoms with van der Waals surface area (Å²) in [6, 6.07) is 73.0. The van der Waals surface area contributed by atoms with Crippen LogP contribution in [-0.2, 0) is 0 Å². The number of para-hydroxylation sites is 1. The summed E-state index contributed by atoms with van der Waals surface area (Å²) in [6.07, 6.45) is 0. The van der Waals surface area contributed by atoms with Crippen molar-refractivity contribution in [3.63, 3.8) is 0 Å². The van der Waals surface area contributed by atoms with Gasteiger partial charge in [-0.05, 0) is 97.9 Å². The van der Waals surface area contributed by atoms with Crippen molar-refractivity contribution in [2.45, 2.75) is 0 Å². The molecule has 0 saturated heterocycles. The van der Waals surface area contributed by atoms with Gasteiger partial charge in [0.2, 0.25) is 0 Å². The van der Waals surface area contributed by atoms with Crippen LogP contribution in [0.2, 0.25) is 0 Å². The Balaban J connectivity index is 1.08. The average molecular weight is 680 g/mol. The van der Waals surface area contributed by atoms with Gasteiger partial charge in [-0.15, -0.1) is 11.3 Å². The maximum absolute atomic E-state index is 2.43.